The lowest BCUT2D eigenvalue weighted by Crippen LogP contribution is -2.41. The van der Waals surface area contributed by atoms with Gasteiger partial charge in [-0.05, 0) is 52.2 Å². The molecule has 144 valence electrons. The molecule has 7 heteroatoms. The molecule has 3 rings (SSSR count). The number of rotatable bonds is 3. The SMILES string of the molecule is CN(C)CC1=C(n2ccccc2=O)c2cc(C(F)(F)F)ccc2OC1(C)C. The first-order valence-electron chi connectivity index (χ1n) is 8.48. The number of alkyl halides is 3. The number of benzene rings is 1. The van der Waals surface area contributed by atoms with Gasteiger partial charge in [0.1, 0.15) is 11.4 Å². The monoisotopic (exact) mass is 378 g/mol. The van der Waals surface area contributed by atoms with E-state index in [0.29, 0.717) is 18.0 Å². The number of aromatic nitrogens is 1. The summed E-state index contributed by atoms with van der Waals surface area (Å²) in [5, 5.41) is 0. The second-order valence-corrected chi connectivity index (χ2v) is 7.29. The second-order valence-electron chi connectivity index (χ2n) is 7.29. The van der Waals surface area contributed by atoms with Crippen molar-refractivity contribution in [1.29, 1.82) is 0 Å². The van der Waals surface area contributed by atoms with Crippen LogP contribution in [-0.4, -0.2) is 35.7 Å². The minimum Gasteiger partial charge on any atom is -0.483 e. The quantitative estimate of drug-likeness (QED) is 0.814. The summed E-state index contributed by atoms with van der Waals surface area (Å²) >= 11 is 0. The zero-order valence-corrected chi connectivity index (χ0v) is 15.6. The number of hydrogen-bond donors (Lipinski definition) is 0. The molecule has 2 heterocycles. The highest BCUT2D eigenvalue weighted by atomic mass is 19.4. The first-order chi connectivity index (χ1) is 12.5. The molecule has 1 aromatic carbocycles. The van der Waals surface area contributed by atoms with Crippen LogP contribution in [0.25, 0.3) is 5.70 Å². The number of likely N-dealkylation sites (N-methyl/N-ethyl adjacent to an activating group) is 1. The Hall–Kier alpha value is -2.54. The Morgan fingerprint density at radius 3 is 2.44 bits per heavy atom. The molecule has 0 bridgehead atoms. The number of ether oxygens (including phenoxy) is 1. The van der Waals surface area contributed by atoms with Gasteiger partial charge in [-0.3, -0.25) is 9.36 Å². The molecule has 0 saturated heterocycles. The van der Waals surface area contributed by atoms with Gasteiger partial charge < -0.3 is 9.64 Å². The highest BCUT2D eigenvalue weighted by molar-refractivity contribution is 5.77. The van der Waals surface area contributed by atoms with Crippen LogP contribution in [0.2, 0.25) is 0 Å². The van der Waals surface area contributed by atoms with Crippen molar-refractivity contribution < 1.29 is 17.9 Å². The first-order valence-corrected chi connectivity index (χ1v) is 8.48. The third-order valence-corrected chi connectivity index (χ3v) is 4.48. The van der Waals surface area contributed by atoms with Crippen LogP contribution in [0, 0.1) is 0 Å². The maximum Gasteiger partial charge on any atom is 0.416 e. The van der Waals surface area contributed by atoms with Crippen LogP contribution in [0.5, 0.6) is 5.75 Å². The fourth-order valence-corrected chi connectivity index (χ4v) is 3.23. The van der Waals surface area contributed by atoms with Crippen molar-refractivity contribution in [3.05, 3.63) is 69.6 Å². The molecule has 1 aliphatic heterocycles. The molecule has 0 unspecified atom stereocenters. The van der Waals surface area contributed by atoms with Crippen LogP contribution in [0.1, 0.15) is 25.0 Å². The van der Waals surface area contributed by atoms with Crippen molar-refractivity contribution in [3.63, 3.8) is 0 Å². The van der Waals surface area contributed by atoms with E-state index < -0.39 is 17.3 Å². The molecular formula is C20H21F3N2O2. The zero-order chi connectivity index (χ0) is 20.0. The van der Waals surface area contributed by atoms with Crippen molar-refractivity contribution in [1.82, 2.24) is 9.47 Å². The minimum absolute atomic E-state index is 0.259. The van der Waals surface area contributed by atoms with Crippen LogP contribution in [-0.2, 0) is 6.18 Å². The lowest BCUT2D eigenvalue weighted by Gasteiger charge is -2.38. The van der Waals surface area contributed by atoms with Crippen molar-refractivity contribution in [2.75, 3.05) is 20.6 Å². The fraction of sp³-hybridized carbons (Fsp3) is 0.350. The van der Waals surface area contributed by atoms with E-state index in [-0.39, 0.29) is 11.1 Å². The van der Waals surface area contributed by atoms with E-state index in [1.807, 2.05) is 32.8 Å². The molecule has 0 atom stereocenters. The Kier molecular flexibility index (Phi) is 4.67. The molecule has 27 heavy (non-hydrogen) atoms. The van der Waals surface area contributed by atoms with Gasteiger partial charge in [0, 0.05) is 29.9 Å². The molecule has 2 aromatic rings. The normalized spacial score (nSPS) is 16.3. The number of nitrogens with zero attached hydrogens (tertiary/aromatic N) is 2. The lowest BCUT2D eigenvalue weighted by molar-refractivity contribution is -0.137. The van der Waals surface area contributed by atoms with E-state index in [1.54, 1.807) is 18.3 Å². The van der Waals surface area contributed by atoms with E-state index in [0.717, 1.165) is 17.7 Å². The van der Waals surface area contributed by atoms with Crippen molar-refractivity contribution in [2.24, 2.45) is 0 Å². The van der Waals surface area contributed by atoms with Crippen LogP contribution >= 0.6 is 0 Å². The van der Waals surface area contributed by atoms with Crippen molar-refractivity contribution in [3.8, 4) is 5.75 Å². The van der Waals surface area contributed by atoms with E-state index in [9.17, 15) is 18.0 Å². The molecule has 0 N–H and O–H groups in total. The maximum atomic E-state index is 13.3. The largest absolute Gasteiger partial charge is 0.483 e. The second kappa shape index (κ2) is 6.56. The van der Waals surface area contributed by atoms with Gasteiger partial charge in [-0.25, -0.2) is 0 Å². The van der Waals surface area contributed by atoms with Crippen molar-refractivity contribution >= 4 is 5.70 Å². The molecule has 0 saturated carbocycles. The average Bonchev–Trinajstić information content (AvgIpc) is 2.54. The summed E-state index contributed by atoms with van der Waals surface area (Å²) in [5.74, 6) is 0.321. The van der Waals surface area contributed by atoms with Gasteiger partial charge in [0.15, 0.2) is 0 Å². The Labute approximate surface area is 155 Å². The van der Waals surface area contributed by atoms with Gasteiger partial charge in [-0.2, -0.15) is 13.2 Å². The zero-order valence-electron chi connectivity index (χ0n) is 15.6. The summed E-state index contributed by atoms with van der Waals surface area (Å²) in [6, 6.07) is 8.03. The molecule has 0 spiro atoms. The third kappa shape index (κ3) is 3.64. The minimum atomic E-state index is -4.49. The number of hydrogen-bond acceptors (Lipinski definition) is 3. The molecular weight excluding hydrogens is 357 g/mol. The van der Waals surface area contributed by atoms with E-state index in [4.69, 9.17) is 4.74 Å². The van der Waals surface area contributed by atoms with E-state index >= 15 is 0 Å². The molecule has 0 aliphatic carbocycles. The van der Waals surface area contributed by atoms with Gasteiger partial charge in [0.05, 0.1) is 11.3 Å². The Bertz CT molecular complexity index is 956. The Balaban J connectivity index is 2.38. The predicted molar refractivity (Wildman–Crippen MR) is 97.7 cm³/mol. The maximum absolute atomic E-state index is 13.3. The van der Waals surface area contributed by atoms with Crippen LogP contribution in [0.15, 0.2) is 53.0 Å². The van der Waals surface area contributed by atoms with Crippen LogP contribution < -0.4 is 10.3 Å². The summed E-state index contributed by atoms with van der Waals surface area (Å²) in [4.78, 5) is 14.4. The van der Waals surface area contributed by atoms with Gasteiger partial charge >= 0.3 is 6.18 Å². The van der Waals surface area contributed by atoms with E-state index in [1.165, 1.54) is 16.7 Å². The van der Waals surface area contributed by atoms with Gasteiger partial charge in [0.2, 0.25) is 0 Å². The van der Waals surface area contributed by atoms with Gasteiger partial charge in [-0.1, -0.05) is 6.07 Å². The first kappa shape index (κ1) is 19.2. The summed E-state index contributed by atoms with van der Waals surface area (Å²) in [5.41, 5.74) is -0.463. The standard InChI is InChI=1S/C20H21F3N2O2/c1-19(2)15(12-24(3)4)18(25-10-6-5-7-17(25)26)14-11-13(20(21,22)23)8-9-16(14)27-19/h5-11H,12H2,1-4H3. The predicted octanol–water partition coefficient (Wildman–Crippen LogP) is 3.86. The molecule has 4 nitrogen and oxygen atoms in total. The van der Waals surface area contributed by atoms with Gasteiger partial charge in [0.25, 0.3) is 5.56 Å². The molecule has 1 aromatic heterocycles. The summed E-state index contributed by atoms with van der Waals surface area (Å²) in [7, 11) is 3.71. The van der Waals surface area contributed by atoms with Crippen LogP contribution in [0.4, 0.5) is 13.2 Å². The summed E-state index contributed by atoms with van der Waals surface area (Å²) in [6.45, 7) is 4.13. The summed E-state index contributed by atoms with van der Waals surface area (Å²) in [6.07, 6.45) is -2.92. The highest BCUT2D eigenvalue weighted by Gasteiger charge is 2.38. The average molecular weight is 378 g/mol. The molecule has 0 amide bonds. The summed E-state index contributed by atoms with van der Waals surface area (Å²) < 4.78 is 47.3. The Morgan fingerprint density at radius 2 is 1.85 bits per heavy atom. The highest BCUT2D eigenvalue weighted by Crippen LogP contribution is 2.43. The lowest BCUT2D eigenvalue weighted by atomic mass is 9.88. The topological polar surface area (TPSA) is 34.5 Å². The fourth-order valence-electron chi connectivity index (χ4n) is 3.23. The Morgan fingerprint density at radius 1 is 1.15 bits per heavy atom. The number of halogens is 3. The van der Waals surface area contributed by atoms with E-state index in [2.05, 4.69) is 0 Å². The number of fused-ring (bicyclic) bond motifs is 1. The number of pyridine rings is 1. The third-order valence-electron chi connectivity index (χ3n) is 4.48. The van der Waals surface area contributed by atoms with Crippen LogP contribution in [0.3, 0.4) is 0 Å². The van der Waals surface area contributed by atoms with Gasteiger partial charge in [-0.15, -0.1) is 0 Å². The molecule has 0 fully saturated rings. The molecule has 0 radical (unpaired) electrons. The van der Waals surface area contributed by atoms with Crippen molar-refractivity contribution in [2.45, 2.75) is 25.6 Å². The smallest absolute Gasteiger partial charge is 0.416 e. The molecule has 1 aliphatic rings.